The SMILES string of the molecule is O=C1C=CC2=NC=NC2=N1. The van der Waals surface area contributed by atoms with Gasteiger partial charge in [0.05, 0.1) is 0 Å². The Morgan fingerprint density at radius 1 is 1.30 bits per heavy atom. The minimum Gasteiger partial charge on any atom is -0.267 e. The lowest BCUT2D eigenvalue weighted by Gasteiger charge is -1.96. The molecule has 0 bridgehead atoms. The highest BCUT2D eigenvalue weighted by Gasteiger charge is 2.14. The first-order valence-corrected chi connectivity index (χ1v) is 2.78. The molecule has 4 heteroatoms. The van der Waals surface area contributed by atoms with Gasteiger partial charge >= 0.3 is 0 Å². The van der Waals surface area contributed by atoms with Crippen molar-refractivity contribution < 1.29 is 4.79 Å². The van der Waals surface area contributed by atoms with Crippen LogP contribution in [0.5, 0.6) is 0 Å². The molecule has 2 aliphatic heterocycles. The summed E-state index contributed by atoms with van der Waals surface area (Å²) >= 11 is 0. The average molecular weight is 133 g/mol. The predicted octanol–water partition coefficient (Wildman–Crippen LogP) is -0.0358. The van der Waals surface area contributed by atoms with E-state index in [9.17, 15) is 4.79 Å². The van der Waals surface area contributed by atoms with Crippen molar-refractivity contribution in [3.05, 3.63) is 12.2 Å². The fourth-order valence-corrected chi connectivity index (χ4v) is 0.765. The summed E-state index contributed by atoms with van der Waals surface area (Å²) in [5.74, 6) is 0.153. The second-order valence-electron chi connectivity index (χ2n) is 1.87. The summed E-state index contributed by atoms with van der Waals surface area (Å²) in [6, 6.07) is 0. The van der Waals surface area contributed by atoms with Crippen LogP contribution in [0, 0.1) is 0 Å². The van der Waals surface area contributed by atoms with Gasteiger partial charge in [0.2, 0.25) is 0 Å². The number of hydrogen-bond donors (Lipinski definition) is 0. The average Bonchev–Trinajstić information content (AvgIpc) is 2.33. The minimum absolute atomic E-state index is 0.270. The van der Waals surface area contributed by atoms with E-state index in [1.54, 1.807) is 6.08 Å². The van der Waals surface area contributed by atoms with E-state index < -0.39 is 0 Å². The van der Waals surface area contributed by atoms with Crippen molar-refractivity contribution in [3.63, 3.8) is 0 Å². The number of amides is 1. The van der Waals surface area contributed by atoms with Gasteiger partial charge in [-0.1, -0.05) is 0 Å². The van der Waals surface area contributed by atoms with Crippen LogP contribution in [0.3, 0.4) is 0 Å². The van der Waals surface area contributed by atoms with Gasteiger partial charge in [-0.2, -0.15) is 4.99 Å². The zero-order valence-corrected chi connectivity index (χ0v) is 4.98. The molecule has 0 aliphatic carbocycles. The first-order valence-electron chi connectivity index (χ1n) is 2.78. The molecule has 10 heavy (non-hydrogen) atoms. The number of carbonyl (C=O) groups is 1. The maximum absolute atomic E-state index is 10.6. The third-order valence-corrected chi connectivity index (χ3v) is 1.21. The minimum atomic E-state index is -0.270. The van der Waals surface area contributed by atoms with Crippen LogP contribution >= 0.6 is 0 Å². The first kappa shape index (κ1) is 5.22. The van der Waals surface area contributed by atoms with Crippen LogP contribution in [-0.4, -0.2) is 23.8 Å². The number of carbonyl (C=O) groups excluding carboxylic acids is 1. The molecule has 1 amide bonds. The molecule has 4 nitrogen and oxygen atoms in total. The maximum Gasteiger partial charge on any atom is 0.271 e. The van der Waals surface area contributed by atoms with Crippen LogP contribution < -0.4 is 0 Å². The Morgan fingerprint density at radius 3 is 3.10 bits per heavy atom. The number of nitrogens with zero attached hydrogens (tertiary/aromatic N) is 3. The van der Waals surface area contributed by atoms with Gasteiger partial charge in [-0.25, -0.2) is 9.98 Å². The summed E-state index contributed by atoms with van der Waals surface area (Å²) in [5.41, 5.74) is 0.666. The number of fused-ring (bicyclic) bond motifs is 1. The van der Waals surface area contributed by atoms with E-state index >= 15 is 0 Å². The monoisotopic (exact) mass is 133 g/mol. The van der Waals surface area contributed by atoms with Crippen LogP contribution in [0.1, 0.15) is 0 Å². The molecule has 2 rings (SSSR count). The summed E-state index contributed by atoms with van der Waals surface area (Å²) in [4.78, 5) is 21.8. The van der Waals surface area contributed by atoms with Crippen LogP contribution in [0.25, 0.3) is 0 Å². The summed E-state index contributed by atoms with van der Waals surface area (Å²) < 4.78 is 0. The van der Waals surface area contributed by atoms with Crippen LogP contribution in [0.15, 0.2) is 27.1 Å². The summed E-state index contributed by atoms with van der Waals surface area (Å²) in [7, 11) is 0. The van der Waals surface area contributed by atoms with Crippen LogP contribution in [0.4, 0.5) is 0 Å². The van der Waals surface area contributed by atoms with E-state index in [-0.39, 0.29) is 5.91 Å². The molecule has 0 radical (unpaired) electrons. The van der Waals surface area contributed by atoms with E-state index in [1.165, 1.54) is 12.4 Å². The lowest BCUT2D eigenvalue weighted by atomic mass is 10.2. The fraction of sp³-hybridized carbons (Fsp3) is 0. The molecule has 0 aromatic rings. The molecule has 0 aromatic heterocycles. The van der Waals surface area contributed by atoms with Crippen LogP contribution in [0.2, 0.25) is 0 Å². The Balaban J connectivity index is 2.51. The molecule has 0 saturated heterocycles. The van der Waals surface area contributed by atoms with Gasteiger partial charge < -0.3 is 0 Å². The lowest BCUT2D eigenvalue weighted by molar-refractivity contribution is -0.113. The molecule has 0 saturated carbocycles. The van der Waals surface area contributed by atoms with E-state index in [0.29, 0.717) is 11.5 Å². The fourth-order valence-electron chi connectivity index (χ4n) is 0.765. The summed E-state index contributed by atoms with van der Waals surface area (Å²) in [5, 5.41) is 0. The quantitative estimate of drug-likeness (QED) is 0.457. The number of hydrogen-bond acceptors (Lipinski definition) is 3. The second kappa shape index (κ2) is 1.70. The summed E-state index contributed by atoms with van der Waals surface area (Å²) in [6.45, 7) is 0. The number of dihydropyridines is 1. The highest BCUT2D eigenvalue weighted by molar-refractivity contribution is 6.52. The molecule has 48 valence electrons. The molecule has 0 unspecified atom stereocenters. The Kier molecular flexibility index (Phi) is 0.887. The molecule has 0 fully saturated rings. The van der Waals surface area contributed by atoms with E-state index in [0.717, 1.165) is 0 Å². The molecule has 0 spiro atoms. The van der Waals surface area contributed by atoms with Crippen molar-refractivity contribution in [1.29, 1.82) is 0 Å². The summed E-state index contributed by atoms with van der Waals surface area (Å²) in [6.07, 6.45) is 4.37. The maximum atomic E-state index is 10.6. The van der Waals surface area contributed by atoms with Crippen molar-refractivity contribution in [3.8, 4) is 0 Å². The van der Waals surface area contributed by atoms with Gasteiger partial charge in [-0.15, -0.1) is 0 Å². The van der Waals surface area contributed by atoms with Crippen molar-refractivity contribution in [1.82, 2.24) is 0 Å². The van der Waals surface area contributed by atoms with Gasteiger partial charge in [-0.3, -0.25) is 4.79 Å². The second-order valence-corrected chi connectivity index (χ2v) is 1.87. The van der Waals surface area contributed by atoms with Crippen molar-refractivity contribution in [2.75, 3.05) is 0 Å². The molecule has 0 atom stereocenters. The van der Waals surface area contributed by atoms with Crippen molar-refractivity contribution in [2.24, 2.45) is 15.0 Å². The normalized spacial score (nSPS) is 20.6. The third kappa shape index (κ3) is 0.621. The molecule has 0 aromatic carbocycles. The van der Waals surface area contributed by atoms with Crippen molar-refractivity contribution >= 4 is 23.8 Å². The number of aliphatic imine (C=N–C) groups is 3. The Morgan fingerprint density at radius 2 is 2.20 bits per heavy atom. The van der Waals surface area contributed by atoms with Crippen LogP contribution in [-0.2, 0) is 4.79 Å². The van der Waals surface area contributed by atoms with Gasteiger partial charge in [0.1, 0.15) is 12.1 Å². The van der Waals surface area contributed by atoms with Gasteiger partial charge in [0.25, 0.3) is 5.91 Å². The largest absolute Gasteiger partial charge is 0.271 e. The lowest BCUT2D eigenvalue weighted by Crippen LogP contribution is -2.12. The molecule has 0 N–H and O–H groups in total. The van der Waals surface area contributed by atoms with E-state index in [2.05, 4.69) is 15.0 Å². The highest BCUT2D eigenvalue weighted by Crippen LogP contribution is 2.02. The zero-order chi connectivity index (χ0) is 6.97. The third-order valence-electron chi connectivity index (χ3n) is 1.21. The van der Waals surface area contributed by atoms with Gasteiger partial charge in [-0.05, 0) is 6.08 Å². The van der Waals surface area contributed by atoms with Gasteiger partial charge in [0, 0.05) is 6.08 Å². The Bertz CT molecular complexity index is 309. The smallest absolute Gasteiger partial charge is 0.267 e. The molecular weight excluding hydrogens is 130 g/mol. The Labute approximate surface area is 56.7 Å². The molecule has 2 aliphatic rings. The first-order chi connectivity index (χ1) is 4.86. The van der Waals surface area contributed by atoms with Crippen molar-refractivity contribution in [2.45, 2.75) is 0 Å². The molecular formula is C6H3N3O. The molecule has 2 heterocycles. The highest BCUT2D eigenvalue weighted by atomic mass is 16.1. The predicted molar refractivity (Wildman–Crippen MR) is 37.5 cm³/mol. The topological polar surface area (TPSA) is 54.1 Å². The standard InChI is InChI=1S/C6H3N3O/c10-5-2-1-4-6(9-5)8-3-7-4/h1-3H. The zero-order valence-electron chi connectivity index (χ0n) is 4.98. The Hall–Kier alpha value is -1.58. The van der Waals surface area contributed by atoms with Gasteiger partial charge in [0.15, 0.2) is 5.84 Å². The van der Waals surface area contributed by atoms with E-state index in [1.807, 2.05) is 0 Å². The van der Waals surface area contributed by atoms with E-state index in [4.69, 9.17) is 0 Å². The number of amidine groups is 1. The number of rotatable bonds is 0.